The zero-order valence-corrected chi connectivity index (χ0v) is 22.5. The molecule has 0 atom stereocenters. The van der Waals surface area contributed by atoms with E-state index in [4.69, 9.17) is 14.2 Å². The molecule has 1 heterocycles. The third-order valence-electron chi connectivity index (χ3n) is 7.35. The second kappa shape index (κ2) is 11.4. The van der Waals surface area contributed by atoms with E-state index in [2.05, 4.69) is 6.58 Å². The van der Waals surface area contributed by atoms with Crippen molar-refractivity contribution in [3.05, 3.63) is 97.0 Å². The molecular weight excluding hydrogens is 532 g/mol. The first-order chi connectivity index (χ1) is 19.7. The fourth-order valence-corrected chi connectivity index (χ4v) is 5.65. The second-order valence-corrected chi connectivity index (χ2v) is 9.96. The predicted molar refractivity (Wildman–Crippen MR) is 147 cm³/mol. The Kier molecular flexibility index (Phi) is 7.69. The van der Waals surface area contributed by atoms with Gasteiger partial charge in [-0.15, -0.1) is 6.58 Å². The number of allylic oxidation sites excluding steroid dienone is 5. The third-order valence-corrected chi connectivity index (χ3v) is 7.35. The van der Waals surface area contributed by atoms with Crippen LogP contribution >= 0.6 is 0 Å². The van der Waals surface area contributed by atoms with Crippen LogP contribution in [0.4, 0.5) is 11.4 Å². The van der Waals surface area contributed by atoms with Gasteiger partial charge in [0.2, 0.25) is 5.75 Å². The first-order valence-electron chi connectivity index (χ1n) is 13.4. The summed E-state index contributed by atoms with van der Waals surface area (Å²) in [5.41, 5.74) is 1.14. The SMILES string of the molecule is C=CCc1cc(C2C3=C(CCCC3=O)OC3=C2C(=O)CCC3)cc(OCC)c1Oc1ccc([N+](=O)[O-])cc1[N+](=O)[O-]. The lowest BCUT2D eigenvalue weighted by molar-refractivity contribution is -0.394. The highest BCUT2D eigenvalue weighted by molar-refractivity contribution is 6.05. The van der Waals surface area contributed by atoms with Crippen molar-refractivity contribution in [2.75, 3.05) is 6.61 Å². The van der Waals surface area contributed by atoms with Gasteiger partial charge in [0.15, 0.2) is 23.1 Å². The minimum Gasteiger partial charge on any atom is -0.490 e. The summed E-state index contributed by atoms with van der Waals surface area (Å²) in [5, 5.41) is 23.0. The molecule has 0 spiro atoms. The number of non-ortho nitro benzene ring substituents is 1. The fourth-order valence-electron chi connectivity index (χ4n) is 5.65. The normalized spacial score (nSPS) is 17.0. The molecule has 11 nitrogen and oxygen atoms in total. The minimum atomic E-state index is -0.752. The third kappa shape index (κ3) is 5.22. The number of nitro groups is 2. The molecule has 2 aromatic carbocycles. The van der Waals surface area contributed by atoms with Gasteiger partial charge in [-0.2, -0.15) is 0 Å². The van der Waals surface area contributed by atoms with Gasteiger partial charge >= 0.3 is 5.69 Å². The summed E-state index contributed by atoms with van der Waals surface area (Å²) in [5.74, 6) is 0.655. The molecule has 41 heavy (non-hydrogen) atoms. The molecule has 0 unspecified atom stereocenters. The first kappa shape index (κ1) is 27.8. The topological polar surface area (TPSA) is 148 Å². The van der Waals surface area contributed by atoms with Crippen molar-refractivity contribution in [2.45, 2.75) is 57.8 Å². The molecule has 2 aromatic rings. The Hall–Kier alpha value is -4.80. The van der Waals surface area contributed by atoms with Gasteiger partial charge in [0.05, 0.1) is 22.5 Å². The molecule has 0 N–H and O–H groups in total. The van der Waals surface area contributed by atoms with Gasteiger partial charge in [0.25, 0.3) is 5.69 Å². The Morgan fingerprint density at radius 3 is 2.17 bits per heavy atom. The number of hydrogen-bond donors (Lipinski definition) is 0. The molecule has 0 amide bonds. The van der Waals surface area contributed by atoms with Crippen LogP contribution in [0, 0.1) is 20.2 Å². The maximum absolute atomic E-state index is 13.2. The Morgan fingerprint density at radius 1 is 0.951 bits per heavy atom. The van der Waals surface area contributed by atoms with E-state index in [1.807, 2.05) is 0 Å². The van der Waals surface area contributed by atoms with E-state index < -0.39 is 27.1 Å². The Labute approximate surface area is 235 Å². The molecule has 0 bridgehead atoms. The molecule has 0 saturated carbocycles. The number of nitro benzene ring substituents is 2. The van der Waals surface area contributed by atoms with Gasteiger partial charge in [-0.1, -0.05) is 12.1 Å². The summed E-state index contributed by atoms with van der Waals surface area (Å²) >= 11 is 0. The molecular formula is C30H28N2O9. The van der Waals surface area contributed by atoms with Crippen LogP contribution in [0.5, 0.6) is 17.2 Å². The lowest BCUT2D eigenvalue weighted by Gasteiger charge is -2.36. The van der Waals surface area contributed by atoms with Crippen molar-refractivity contribution >= 4 is 22.9 Å². The average Bonchev–Trinajstić information content (AvgIpc) is 2.94. The van der Waals surface area contributed by atoms with Crippen LogP contribution in [0.2, 0.25) is 0 Å². The average molecular weight is 561 g/mol. The van der Waals surface area contributed by atoms with Crippen molar-refractivity contribution in [2.24, 2.45) is 0 Å². The zero-order chi connectivity index (χ0) is 29.3. The molecule has 5 rings (SSSR count). The number of hydrogen-bond acceptors (Lipinski definition) is 9. The summed E-state index contributed by atoms with van der Waals surface area (Å²) in [6, 6.07) is 6.62. The van der Waals surface area contributed by atoms with Gasteiger partial charge < -0.3 is 14.2 Å². The van der Waals surface area contributed by atoms with Crippen molar-refractivity contribution in [3.63, 3.8) is 0 Å². The number of carbonyl (C=O) groups excluding carboxylic acids is 2. The highest BCUT2D eigenvalue weighted by Gasteiger charge is 2.42. The number of ether oxygens (including phenoxy) is 3. The van der Waals surface area contributed by atoms with Crippen molar-refractivity contribution in [1.29, 1.82) is 0 Å². The van der Waals surface area contributed by atoms with E-state index in [0.29, 0.717) is 72.3 Å². The van der Waals surface area contributed by atoms with E-state index in [0.717, 1.165) is 12.1 Å². The quantitative estimate of drug-likeness (QED) is 0.189. The minimum absolute atomic E-state index is 0.0637. The number of nitrogens with zero attached hydrogens (tertiary/aromatic N) is 2. The molecule has 0 saturated heterocycles. The van der Waals surface area contributed by atoms with E-state index in [1.54, 1.807) is 25.1 Å². The van der Waals surface area contributed by atoms with Gasteiger partial charge in [-0.25, -0.2) is 0 Å². The van der Waals surface area contributed by atoms with Gasteiger partial charge in [0, 0.05) is 54.4 Å². The van der Waals surface area contributed by atoms with Crippen molar-refractivity contribution < 1.29 is 33.6 Å². The second-order valence-electron chi connectivity index (χ2n) is 9.96. The number of rotatable bonds is 9. The summed E-state index contributed by atoms with van der Waals surface area (Å²) < 4.78 is 18.1. The fraction of sp³-hybridized carbons (Fsp3) is 0.333. The van der Waals surface area contributed by atoms with Crippen LogP contribution < -0.4 is 9.47 Å². The van der Waals surface area contributed by atoms with E-state index >= 15 is 0 Å². The number of ketones is 2. The van der Waals surface area contributed by atoms with Gasteiger partial charge in [0.1, 0.15) is 11.5 Å². The molecule has 0 aromatic heterocycles. The molecule has 0 radical (unpaired) electrons. The molecule has 11 heteroatoms. The smallest absolute Gasteiger partial charge is 0.318 e. The van der Waals surface area contributed by atoms with E-state index in [1.165, 1.54) is 6.07 Å². The zero-order valence-electron chi connectivity index (χ0n) is 22.5. The Morgan fingerprint density at radius 2 is 1.61 bits per heavy atom. The molecule has 1 aliphatic heterocycles. The van der Waals surface area contributed by atoms with Gasteiger partial charge in [-0.05, 0) is 43.9 Å². The van der Waals surface area contributed by atoms with Crippen LogP contribution in [0.1, 0.15) is 62.5 Å². The van der Waals surface area contributed by atoms with E-state index in [-0.39, 0.29) is 41.8 Å². The Balaban J connectivity index is 1.69. The lowest BCUT2D eigenvalue weighted by atomic mass is 9.73. The molecule has 2 aliphatic carbocycles. The summed E-state index contributed by atoms with van der Waals surface area (Å²) in [4.78, 5) is 48.0. The summed E-state index contributed by atoms with van der Waals surface area (Å²) in [7, 11) is 0. The highest BCUT2D eigenvalue weighted by atomic mass is 16.6. The number of benzene rings is 2. The predicted octanol–water partition coefficient (Wildman–Crippen LogP) is 6.55. The number of Topliss-reactive ketones (excluding diaryl/α,β-unsaturated/α-hetero) is 2. The summed E-state index contributed by atoms with van der Waals surface area (Å²) in [6.07, 6.45) is 5.17. The van der Waals surface area contributed by atoms with Crippen molar-refractivity contribution in [1.82, 2.24) is 0 Å². The van der Waals surface area contributed by atoms with E-state index in [9.17, 15) is 29.8 Å². The van der Waals surface area contributed by atoms with Gasteiger partial charge in [-0.3, -0.25) is 29.8 Å². The first-order valence-corrected chi connectivity index (χ1v) is 13.4. The number of carbonyl (C=O) groups is 2. The Bertz CT molecular complexity index is 1510. The van der Waals surface area contributed by atoms with Crippen LogP contribution in [0.25, 0.3) is 0 Å². The maximum Gasteiger partial charge on any atom is 0.318 e. The molecule has 212 valence electrons. The van der Waals surface area contributed by atoms with Crippen LogP contribution in [-0.4, -0.2) is 28.0 Å². The standard InChI is InChI=1S/C30H28N2O9/c1-3-7-17-14-18(27-28-21(33)8-5-10-24(28)40-25-11-6-9-22(34)29(25)27)15-26(39-4-2)30(17)41-23-13-12-19(31(35)36)16-20(23)32(37)38/h3,12-16,27H,1,4-11H2,2H3. The molecule has 0 fully saturated rings. The molecule has 3 aliphatic rings. The van der Waals surface area contributed by atoms with Crippen LogP contribution in [0.15, 0.2) is 65.7 Å². The lowest BCUT2D eigenvalue weighted by Crippen LogP contribution is -2.30. The summed E-state index contributed by atoms with van der Waals surface area (Å²) in [6.45, 7) is 5.82. The monoisotopic (exact) mass is 560 g/mol. The van der Waals surface area contributed by atoms with Crippen LogP contribution in [-0.2, 0) is 20.7 Å². The maximum atomic E-state index is 13.2. The van der Waals surface area contributed by atoms with Crippen LogP contribution in [0.3, 0.4) is 0 Å². The largest absolute Gasteiger partial charge is 0.490 e. The highest BCUT2D eigenvalue weighted by Crippen LogP contribution is 2.50. The van der Waals surface area contributed by atoms with Crippen molar-refractivity contribution in [3.8, 4) is 17.2 Å².